The smallest absolute Gasteiger partial charge is 0.178 e. The molecule has 2 aliphatic heterocycles. The Hall–Kier alpha value is -3.15. The Bertz CT molecular complexity index is 993. The van der Waals surface area contributed by atoms with Gasteiger partial charge in [-0.25, -0.2) is 0 Å². The number of hydrogen-bond acceptors (Lipinski definition) is 6. The minimum absolute atomic E-state index is 0.0513. The van der Waals surface area contributed by atoms with E-state index in [1.54, 1.807) is 38.5 Å². The second-order valence-corrected chi connectivity index (χ2v) is 7.45. The van der Waals surface area contributed by atoms with Gasteiger partial charge in [0.15, 0.2) is 17.3 Å². The van der Waals surface area contributed by atoms with E-state index in [9.17, 15) is 9.90 Å². The van der Waals surface area contributed by atoms with E-state index < -0.39 is 12.0 Å². The van der Waals surface area contributed by atoms with E-state index in [-0.39, 0.29) is 18.1 Å². The molecule has 0 amide bonds. The average molecular weight is 396 g/mol. The van der Waals surface area contributed by atoms with Gasteiger partial charge in [-0.05, 0) is 38.0 Å². The van der Waals surface area contributed by atoms with Crippen molar-refractivity contribution in [3.05, 3.63) is 53.1 Å². The van der Waals surface area contributed by atoms with Gasteiger partial charge in [-0.15, -0.1) is 6.58 Å². The zero-order valence-corrected chi connectivity index (χ0v) is 16.8. The lowest BCUT2D eigenvalue weighted by atomic mass is 9.81. The molecule has 6 nitrogen and oxygen atoms in total. The Morgan fingerprint density at radius 1 is 1.24 bits per heavy atom. The predicted octanol–water partition coefficient (Wildman–Crippen LogP) is 4.04. The van der Waals surface area contributed by atoms with Crippen molar-refractivity contribution < 1.29 is 28.8 Å². The first-order valence-electron chi connectivity index (χ1n) is 9.53. The number of ether oxygens (including phenoxy) is 4. The van der Waals surface area contributed by atoms with Crippen LogP contribution in [0.1, 0.15) is 40.7 Å². The van der Waals surface area contributed by atoms with Crippen LogP contribution in [0.4, 0.5) is 0 Å². The highest BCUT2D eigenvalue weighted by Gasteiger charge is 2.44. The average Bonchev–Trinajstić information content (AvgIpc) is 2.71. The number of hydrogen-bond donors (Lipinski definition) is 1. The van der Waals surface area contributed by atoms with Gasteiger partial charge in [-0.1, -0.05) is 5.57 Å². The molecule has 0 unspecified atom stereocenters. The number of fused-ring (bicyclic) bond motifs is 4. The van der Waals surface area contributed by atoms with Crippen LogP contribution in [0.3, 0.4) is 0 Å². The molecule has 0 aromatic heterocycles. The maximum Gasteiger partial charge on any atom is 0.178 e. The predicted molar refractivity (Wildman–Crippen MR) is 108 cm³/mol. The summed E-state index contributed by atoms with van der Waals surface area (Å²) in [5.41, 5.74) is 2.82. The fraction of sp³-hybridized carbons (Fsp3) is 0.348. The maximum absolute atomic E-state index is 13.5. The van der Waals surface area contributed by atoms with Gasteiger partial charge in [0.05, 0.1) is 25.7 Å². The highest BCUT2D eigenvalue weighted by atomic mass is 16.5. The number of benzene rings is 2. The number of ketones is 1. The van der Waals surface area contributed by atoms with Crippen molar-refractivity contribution in [1.82, 2.24) is 0 Å². The molecule has 29 heavy (non-hydrogen) atoms. The second kappa shape index (κ2) is 7.35. The number of carbonyl (C=O) groups is 1. The Labute approximate surface area is 169 Å². The fourth-order valence-corrected chi connectivity index (χ4v) is 3.97. The normalized spacial score (nSPS) is 19.2. The van der Waals surface area contributed by atoms with Crippen LogP contribution in [0.25, 0.3) is 0 Å². The molecule has 0 saturated carbocycles. The Kier molecular flexibility index (Phi) is 4.86. The molecule has 2 aromatic rings. The largest absolute Gasteiger partial charge is 0.508 e. The molecule has 2 aliphatic rings. The molecule has 2 atom stereocenters. The molecule has 1 N–H and O–H groups in total. The number of methoxy groups -OCH3 is 2. The summed E-state index contributed by atoms with van der Waals surface area (Å²) >= 11 is 0. The molecule has 0 fully saturated rings. The van der Waals surface area contributed by atoms with Crippen molar-refractivity contribution in [3.63, 3.8) is 0 Å². The quantitative estimate of drug-likeness (QED) is 0.769. The molecule has 0 radical (unpaired) electrons. The number of aromatic hydroxyl groups is 1. The lowest BCUT2D eigenvalue weighted by molar-refractivity contribution is 0.0552. The number of allylic oxidation sites excluding steroid dienone is 1. The van der Waals surface area contributed by atoms with Crippen molar-refractivity contribution in [1.29, 1.82) is 0 Å². The van der Waals surface area contributed by atoms with E-state index in [1.807, 2.05) is 6.92 Å². The van der Waals surface area contributed by atoms with Crippen LogP contribution in [-0.2, 0) is 6.42 Å². The first-order valence-corrected chi connectivity index (χ1v) is 9.53. The summed E-state index contributed by atoms with van der Waals surface area (Å²) in [7, 11) is 3.11. The third kappa shape index (κ3) is 3.18. The molecular weight excluding hydrogens is 372 g/mol. The van der Waals surface area contributed by atoms with E-state index in [4.69, 9.17) is 18.9 Å². The summed E-state index contributed by atoms with van der Waals surface area (Å²) in [5, 5.41) is 10.4. The van der Waals surface area contributed by atoms with Gasteiger partial charge in [-0.2, -0.15) is 0 Å². The molecule has 2 aromatic carbocycles. The number of rotatable bonds is 5. The Balaban J connectivity index is 1.78. The molecule has 0 bridgehead atoms. The van der Waals surface area contributed by atoms with Gasteiger partial charge in [0.2, 0.25) is 0 Å². The van der Waals surface area contributed by atoms with Crippen LogP contribution in [0.5, 0.6) is 28.7 Å². The summed E-state index contributed by atoms with van der Waals surface area (Å²) in [6, 6.07) is 6.70. The number of carbonyl (C=O) groups excluding carboxylic acids is 1. The summed E-state index contributed by atoms with van der Waals surface area (Å²) in [6.07, 6.45) is 0.773. The molecule has 4 rings (SSSR count). The highest BCUT2D eigenvalue weighted by Crippen LogP contribution is 2.48. The molecule has 0 spiro atoms. The van der Waals surface area contributed by atoms with Gasteiger partial charge in [0.1, 0.15) is 30.0 Å². The molecule has 6 heteroatoms. The molecule has 2 heterocycles. The maximum atomic E-state index is 13.5. The van der Waals surface area contributed by atoms with E-state index in [0.29, 0.717) is 52.5 Å². The van der Waals surface area contributed by atoms with Gasteiger partial charge >= 0.3 is 0 Å². The number of phenols is 1. The summed E-state index contributed by atoms with van der Waals surface area (Å²) < 4.78 is 22.8. The number of Topliss-reactive ketones (excluding diaryl/α,β-unsaturated/α-hetero) is 1. The SMILES string of the molecule is C=C(C)CCc1c(O)ccc2c1O[C@@H]1COc3cc(OC)c(OC)cc3[C@@H]1C2=O. The first-order chi connectivity index (χ1) is 13.9. The zero-order valence-electron chi connectivity index (χ0n) is 16.8. The van der Waals surface area contributed by atoms with Gasteiger partial charge in [0.25, 0.3) is 0 Å². The van der Waals surface area contributed by atoms with Crippen LogP contribution in [0, 0.1) is 0 Å². The van der Waals surface area contributed by atoms with E-state index in [2.05, 4.69) is 6.58 Å². The lowest BCUT2D eigenvalue weighted by Crippen LogP contribution is -2.43. The van der Waals surface area contributed by atoms with Gasteiger partial charge in [0, 0.05) is 17.2 Å². The van der Waals surface area contributed by atoms with Gasteiger partial charge in [-0.3, -0.25) is 4.79 Å². The van der Waals surface area contributed by atoms with Crippen LogP contribution in [0.2, 0.25) is 0 Å². The first kappa shape index (κ1) is 19.2. The molecule has 0 aliphatic carbocycles. The van der Waals surface area contributed by atoms with Crippen LogP contribution >= 0.6 is 0 Å². The van der Waals surface area contributed by atoms with Crippen molar-refractivity contribution in [3.8, 4) is 28.7 Å². The highest BCUT2D eigenvalue weighted by molar-refractivity contribution is 6.05. The third-order valence-electron chi connectivity index (χ3n) is 5.48. The second-order valence-electron chi connectivity index (χ2n) is 7.45. The molecular formula is C23H24O6. The Morgan fingerprint density at radius 3 is 2.66 bits per heavy atom. The van der Waals surface area contributed by atoms with E-state index in [1.165, 1.54) is 0 Å². The van der Waals surface area contributed by atoms with Crippen LogP contribution in [-0.4, -0.2) is 37.8 Å². The molecule has 152 valence electrons. The van der Waals surface area contributed by atoms with Crippen molar-refractivity contribution >= 4 is 5.78 Å². The van der Waals surface area contributed by atoms with Crippen molar-refractivity contribution in [2.75, 3.05) is 20.8 Å². The third-order valence-corrected chi connectivity index (χ3v) is 5.48. The van der Waals surface area contributed by atoms with E-state index in [0.717, 1.165) is 5.57 Å². The standard InChI is InChI=1S/C23H24O6/c1-12(2)5-6-13-16(24)8-7-14-22(25)21-15-9-18(26-3)19(27-4)10-17(15)28-11-20(21)29-23(13)14/h7-10,20-21,24H,1,5-6,11H2,2-4H3/t20-,21+/m1/s1. The minimum atomic E-state index is -0.510. The minimum Gasteiger partial charge on any atom is -0.508 e. The van der Waals surface area contributed by atoms with Gasteiger partial charge < -0.3 is 24.1 Å². The zero-order chi connectivity index (χ0) is 20.7. The van der Waals surface area contributed by atoms with E-state index >= 15 is 0 Å². The summed E-state index contributed by atoms with van der Waals surface area (Å²) in [5.74, 6) is 1.67. The number of phenolic OH excluding ortho intramolecular Hbond substituents is 1. The van der Waals surface area contributed by atoms with Crippen LogP contribution in [0.15, 0.2) is 36.4 Å². The van der Waals surface area contributed by atoms with Crippen molar-refractivity contribution in [2.24, 2.45) is 0 Å². The fourth-order valence-electron chi connectivity index (χ4n) is 3.97. The van der Waals surface area contributed by atoms with Crippen LogP contribution < -0.4 is 18.9 Å². The summed E-state index contributed by atoms with van der Waals surface area (Å²) in [6.45, 7) is 6.08. The monoisotopic (exact) mass is 396 g/mol. The topological polar surface area (TPSA) is 74.2 Å². The Morgan fingerprint density at radius 2 is 1.97 bits per heavy atom. The van der Waals surface area contributed by atoms with Crippen molar-refractivity contribution in [2.45, 2.75) is 31.8 Å². The molecule has 0 saturated heterocycles. The summed E-state index contributed by atoms with van der Waals surface area (Å²) in [4.78, 5) is 13.5. The lowest BCUT2D eigenvalue weighted by Gasteiger charge is -2.38.